The number of hydrogen-bond donors (Lipinski definition) is 0. The predicted molar refractivity (Wildman–Crippen MR) is 77.1 cm³/mol. The maximum absolute atomic E-state index is 12.5. The van der Waals surface area contributed by atoms with Crippen LogP contribution in [0.4, 0.5) is 5.69 Å². The molecule has 0 bridgehead atoms. The van der Waals surface area contributed by atoms with Gasteiger partial charge in [0.15, 0.2) is 0 Å². The zero-order valence-corrected chi connectivity index (χ0v) is 11.8. The van der Waals surface area contributed by atoms with Gasteiger partial charge in [-0.15, -0.1) is 0 Å². The average molecular weight is 271 g/mol. The third-order valence-electron chi connectivity index (χ3n) is 2.94. The highest BCUT2D eigenvalue weighted by molar-refractivity contribution is 6.04. The van der Waals surface area contributed by atoms with Crippen molar-refractivity contribution in [3.63, 3.8) is 0 Å². The minimum absolute atomic E-state index is 0.168. The van der Waals surface area contributed by atoms with Gasteiger partial charge in [0.05, 0.1) is 7.11 Å². The maximum Gasteiger partial charge on any atom is 0.277 e. The number of carbonyl (C=O) groups is 1. The molecule has 1 aromatic heterocycles. The number of amides is 1. The van der Waals surface area contributed by atoms with Crippen LogP contribution in [0.1, 0.15) is 23.0 Å². The molecule has 0 aliphatic heterocycles. The Bertz CT molecular complexity index is 614. The Kier molecular flexibility index (Phi) is 4.30. The first-order valence-corrected chi connectivity index (χ1v) is 6.40. The average Bonchev–Trinajstić information content (AvgIpc) is 2.48. The van der Waals surface area contributed by atoms with Crippen LogP contribution in [0.25, 0.3) is 0 Å². The van der Waals surface area contributed by atoms with Gasteiger partial charge in [-0.2, -0.15) is 0 Å². The van der Waals surface area contributed by atoms with Gasteiger partial charge in [-0.25, -0.2) is 9.97 Å². The lowest BCUT2D eigenvalue weighted by atomic mass is 10.2. The van der Waals surface area contributed by atoms with E-state index < -0.39 is 0 Å². The van der Waals surface area contributed by atoms with Gasteiger partial charge in [0, 0.05) is 18.3 Å². The smallest absolute Gasteiger partial charge is 0.277 e. The van der Waals surface area contributed by atoms with Gasteiger partial charge >= 0.3 is 0 Å². The van der Waals surface area contributed by atoms with Crippen molar-refractivity contribution in [3.05, 3.63) is 47.9 Å². The van der Waals surface area contributed by atoms with Crippen molar-refractivity contribution in [2.45, 2.75) is 13.8 Å². The number of aryl methyl sites for hydroxylation is 1. The number of nitrogens with zero attached hydrogens (tertiary/aromatic N) is 3. The van der Waals surface area contributed by atoms with E-state index >= 15 is 0 Å². The van der Waals surface area contributed by atoms with Crippen molar-refractivity contribution in [3.8, 4) is 5.88 Å². The number of carbonyl (C=O) groups excluding carboxylic acids is 1. The third-order valence-corrected chi connectivity index (χ3v) is 2.94. The molecule has 5 nitrogen and oxygen atoms in total. The SMILES string of the molecule is CCN(C(=O)c1cc(OC)ncn1)c1cccc(C)c1. The van der Waals surface area contributed by atoms with Crippen molar-refractivity contribution < 1.29 is 9.53 Å². The van der Waals surface area contributed by atoms with Crippen LogP contribution in [0.3, 0.4) is 0 Å². The summed E-state index contributed by atoms with van der Waals surface area (Å²) in [6, 6.07) is 9.35. The van der Waals surface area contributed by atoms with Crippen LogP contribution >= 0.6 is 0 Å². The predicted octanol–water partition coefficient (Wildman–Crippen LogP) is 2.46. The summed E-state index contributed by atoms with van der Waals surface area (Å²) in [7, 11) is 1.51. The van der Waals surface area contributed by atoms with Crippen LogP contribution in [0.5, 0.6) is 5.88 Å². The van der Waals surface area contributed by atoms with E-state index in [0.29, 0.717) is 18.1 Å². The molecule has 0 aliphatic carbocycles. The molecule has 20 heavy (non-hydrogen) atoms. The van der Waals surface area contributed by atoms with Crippen LogP contribution in [-0.4, -0.2) is 29.5 Å². The highest BCUT2D eigenvalue weighted by Crippen LogP contribution is 2.18. The van der Waals surface area contributed by atoms with E-state index in [1.54, 1.807) is 11.0 Å². The lowest BCUT2D eigenvalue weighted by Crippen LogP contribution is -2.31. The van der Waals surface area contributed by atoms with E-state index in [1.807, 2.05) is 38.1 Å². The number of hydrogen-bond acceptors (Lipinski definition) is 4. The van der Waals surface area contributed by atoms with Gasteiger partial charge in [-0.1, -0.05) is 12.1 Å². The number of methoxy groups -OCH3 is 1. The van der Waals surface area contributed by atoms with Gasteiger partial charge in [0.1, 0.15) is 12.0 Å². The lowest BCUT2D eigenvalue weighted by Gasteiger charge is -2.21. The molecule has 0 spiro atoms. The second-order valence-corrected chi connectivity index (χ2v) is 4.33. The number of aromatic nitrogens is 2. The summed E-state index contributed by atoms with van der Waals surface area (Å²) in [4.78, 5) is 22.1. The third kappa shape index (κ3) is 2.93. The lowest BCUT2D eigenvalue weighted by molar-refractivity contribution is 0.0983. The highest BCUT2D eigenvalue weighted by Gasteiger charge is 2.18. The Morgan fingerprint density at radius 3 is 2.75 bits per heavy atom. The van der Waals surface area contributed by atoms with Gasteiger partial charge in [0.25, 0.3) is 5.91 Å². The first kappa shape index (κ1) is 14.0. The Hall–Kier alpha value is -2.43. The first-order valence-electron chi connectivity index (χ1n) is 6.40. The summed E-state index contributed by atoms with van der Waals surface area (Å²) in [6.07, 6.45) is 1.33. The van der Waals surface area contributed by atoms with Crippen LogP contribution in [0.15, 0.2) is 36.7 Å². The number of benzene rings is 1. The second kappa shape index (κ2) is 6.14. The Morgan fingerprint density at radius 2 is 2.10 bits per heavy atom. The molecule has 0 aliphatic rings. The zero-order chi connectivity index (χ0) is 14.5. The fourth-order valence-electron chi connectivity index (χ4n) is 1.95. The molecule has 0 saturated heterocycles. The van der Waals surface area contributed by atoms with E-state index in [2.05, 4.69) is 9.97 Å². The fourth-order valence-corrected chi connectivity index (χ4v) is 1.95. The van der Waals surface area contributed by atoms with Crippen LogP contribution in [0.2, 0.25) is 0 Å². The van der Waals surface area contributed by atoms with Crippen molar-refractivity contribution in [1.82, 2.24) is 9.97 Å². The Balaban J connectivity index is 2.33. The largest absolute Gasteiger partial charge is 0.481 e. The van der Waals surface area contributed by atoms with Crippen LogP contribution in [-0.2, 0) is 0 Å². The summed E-state index contributed by atoms with van der Waals surface area (Å²) in [5.74, 6) is 0.211. The van der Waals surface area contributed by atoms with Gasteiger partial charge in [-0.05, 0) is 31.5 Å². The normalized spacial score (nSPS) is 10.2. The maximum atomic E-state index is 12.5. The van der Waals surface area contributed by atoms with Crippen molar-refractivity contribution in [1.29, 1.82) is 0 Å². The molecule has 0 saturated carbocycles. The molecule has 0 unspecified atom stereocenters. The fraction of sp³-hybridized carbons (Fsp3) is 0.267. The number of rotatable bonds is 4. The van der Waals surface area contributed by atoms with Gasteiger partial charge < -0.3 is 9.64 Å². The molecule has 1 aromatic carbocycles. The van der Waals surface area contributed by atoms with Crippen LogP contribution < -0.4 is 9.64 Å². The summed E-state index contributed by atoms with van der Waals surface area (Å²) in [6.45, 7) is 4.49. The second-order valence-electron chi connectivity index (χ2n) is 4.33. The Labute approximate surface area is 118 Å². The molecule has 104 valence electrons. The van der Waals surface area contributed by atoms with Crippen LogP contribution in [0, 0.1) is 6.92 Å². The monoisotopic (exact) mass is 271 g/mol. The number of ether oxygens (including phenoxy) is 1. The van der Waals surface area contributed by atoms with E-state index in [-0.39, 0.29) is 5.91 Å². The number of anilines is 1. The summed E-state index contributed by atoms with van der Waals surface area (Å²) < 4.78 is 5.02. The first-order chi connectivity index (χ1) is 9.65. The zero-order valence-electron chi connectivity index (χ0n) is 11.8. The molecular formula is C15H17N3O2. The molecular weight excluding hydrogens is 254 g/mol. The molecule has 0 radical (unpaired) electrons. The highest BCUT2D eigenvalue weighted by atomic mass is 16.5. The van der Waals surface area contributed by atoms with Crippen molar-refractivity contribution >= 4 is 11.6 Å². The van der Waals surface area contributed by atoms with E-state index in [1.165, 1.54) is 13.4 Å². The standard InChI is InChI=1S/C15H17N3O2/c1-4-18(12-7-5-6-11(2)8-12)15(19)13-9-14(20-3)17-10-16-13/h5-10H,4H2,1-3H3. The molecule has 2 rings (SSSR count). The van der Waals surface area contributed by atoms with Crippen molar-refractivity contribution in [2.75, 3.05) is 18.6 Å². The minimum atomic E-state index is -0.168. The molecule has 1 heterocycles. The molecule has 0 fully saturated rings. The van der Waals surface area contributed by atoms with E-state index in [0.717, 1.165) is 11.3 Å². The van der Waals surface area contributed by atoms with E-state index in [4.69, 9.17) is 4.74 Å². The van der Waals surface area contributed by atoms with Gasteiger partial charge in [0.2, 0.25) is 5.88 Å². The van der Waals surface area contributed by atoms with Crippen molar-refractivity contribution in [2.24, 2.45) is 0 Å². The summed E-state index contributed by atoms with van der Waals surface area (Å²) >= 11 is 0. The molecule has 1 amide bonds. The van der Waals surface area contributed by atoms with E-state index in [9.17, 15) is 4.79 Å². The molecule has 0 atom stereocenters. The van der Waals surface area contributed by atoms with Gasteiger partial charge in [-0.3, -0.25) is 4.79 Å². The quantitative estimate of drug-likeness (QED) is 0.857. The topological polar surface area (TPSA) is 55.3 Å². The molecule has 5 heteroatoms. The summed E-state index contributed by atoms with van der Waals surface area (Å²) in [5, 5.41) is 0. The summed E-state index contributed by atoms with van der Waals surface area (Å²) in [5.41, 5.74) is 2.28. The minimum Gasteiger partial charge on any atom is -0.481 e. The molecule has 0 N–H and O–H groups in total. The Morgan fingerprint density at radius 1 is 1.30 bits per heavy atom. The molecule has 2 aromatic rings.